The molecule has 1 aromatic carbocycles. The molecule has 1 amide bonds. The van der Waals surface area contributed by atoms with Crippen LogP contribution in [0.4, 0.5) is 5.82 Å². The fourth-order valence-corrected chi connectivity index (χ4v) is 3.91. The molecular weight excluding hydrogens is 312 g/mol. The molecule has 1 aromatic heterocycles. The Morgan fingerprint density at radius 2 is 1.84 bits per heavy atom. The van der Waals surface area contributed by atoms with Gasteiger partial charge in [-0.1, -0.05) is 24.3 Å². The number of nitrogens with one attached hydrogen (secondary N) is 1. The fraction of sp³-hybridized carbons (Fsp3) is 0.550. The Morgan fingerprint density at radius 1 is 1.12 bits per heavy atom. The quantitative estimate of drug-likeness (QED) is 0.930. The number of benzene rings is 1. The van der Waals surface area contributed by atoms with E-state index in [4.69, 9.17) is 0 Å². The van der Waals surface area contributed by atoms with Gasteiger partial charge in [0.05, 0.1) is 5.69 Å². The van der Waals surface area contributed by atoms with Gasteiger partial charge in [0.2, 0.25) is 5.91 Å². The van der Waals surface area contributed by atoms with Gasteiger partial charge in [0, 0.05) is 36.3 Å². The van der Waals surface area contributed by atoms with Gasteiger partial charge in [0.25, 0.3) is 0 Å². The summed E-state index contributed by atoms with van der Waals surface area (Å²) in [7, 11) is 0. The van der Waals surface area contributed by atoms with E-state index in [0.29, 0.717) is 18.4 Å². The summed E-state index contributed by atoms with van der Waals surface area (Å²) in [5.41, 5.74) is 0.974. The third kappa shape index (κ3) is 3.46. The van der Waals surface area contributed by atoms with Gasteiger partial charge in [-0.15, -0.1) is 5.10 Å². The van der Waals surface area contributed by atoms with E-state index in [1.165, 1.54) is 17.2 Å². The first-order valence-electron chi connectivity index (χ1n) is 9.47. The third-order valence-electron chi connectivity index (χ3n) is 5.71. The molecule has 1 saturated carbocycles. The van der Waals surface area contributed by atoms with Crippen LogP contribution < -0.4 is 10.2 Å². The van der Waals surface area contributed by atoms with E-state index in [1.54, 1.807) is 0 Å². The molecule has 2 fully saturated rings. The number of fused-ring (bicyclic) bond motifs is 1. The van der Waals surface area contributed by atoms with E-state index in [0.717, 1.165) is 50.3 Å². The van der Waals surface area contributed by atoms with E-state index < -0.39 is 0 Å². The molecular formula is C20H26N4O. The second-order valence-corrected chi connectivity index (χ2v) is 7.48. The summed E-state index contributed by atoms with van der Waals surface area (Å²) in [5, 5.41) is 14.3. The first kappa shape index (κ1) is 16.3. The van der Waals surface area contributed by atoms with E-state index in [1.807, 2.05) is 13.0 Å². The minimum absolute atomic E-state index is 0.240. The lowest BCUT2D eigenvalue weighted by atomic mass is 9.90. The van der Waals surface area contributed by atoms with Crippen LogP contribution in [0.5, 0.6) is 0 Å². The highest BCUT2D eigenvalue weighted by molar-refractivity contribution is 5.93. The first-order valence-corrected chi connectivity index (χ1v) is 9.47. The van der Waals surface area contributed by atoms with Crippen LogP contribution in [0, 0.1) is 12.8 Å². The Hall–Kier alpha value is -2.17. The number of aryl methyl sites for hydroxylation is 1. The summed E-state index contributed by atoms with van der Waals surface area (Å²) in [6.45, 7) is 3.90. The summed E-state index contributed by atoms with van der Waals surface area (Å²) < 4.78 is 0. The largest absolute Gasteiger partial charge is 0.355 e. The molecule has 1 aliphatic heterocycles. The zero-order chi connectivity index (χ0) is 17.2. The molecule has 0 atom stereocenters. The zero-order valence-corrected chi connectivity index (χ0v) is 14.9. The molecule has 132 valence electrons. The summed E-state index contributed by atoms with van der Waals surface area (Å²) in [4.78, 5) is 14.5. The molecule has 25 heavy (non-hydrogen) atoms. The molecule has 0 radical (unpaired) electrons. The Bertz CT molecular complexity index is 763. The molecule has 2 aliphatic rings. The van der Waals surface area contributed by atoms with Gasteiger partial charge in [-0.05, 0) is 44.9 Å². The number of aromatic nitrogens is 2. The van der Waals surface area contributed by atoms with Crippen molar-refractivity contribution in [1.29, 1.82) is 0 Å². The van der Waals surface area contributed by atoms with Gasteiger partial charge >= 0.3 is 0 Å². The van der Waals surface area contributed by atoms with E-state index in [9.17, 15) is 4.79 Å². The van der Waals surface area contributed by atoms with E-state index in [-0.39, 0.29) is 5.91 Å². The van der Waals surface area contributed by atoms with Crippen LogP contribution in [0.2, 0.25) is 0 Å². The normalized spacial score (nSPS) is 19.0. The molecule has 1 aliphatic carbocycles. The van der Waals surface area contributed by atoms with Crippen molar-refractivity contribution in [3.63, 3.8) is 0 Å². The van der Waals surface area contributed by atoms with Crippen molar-refractivity contribution in [2.24, 2.45) is 5.92 Å². The molecule has 2 aromatic rings. The lowest BCUT2D eigenvalue weighted by Gasteiger charge is -2.33. The summed E-state index contributed by atoms with van der Waals surface area (Å²) in [5.74, 6) is 1.71. The van der Waals surface area contributed by atoms with E-state index in [2.05, 4.69) is 38.6 Å². The predicted molar refractivity (Wildman–Crippen MR) is 99.6 cm³/mol. The number of piperidine rings is 1. The van der Waals surface area contributed by atoms with Crippen LogP contribution in [0.15, 0.2) is 24.3 Å². The standard InChI is InChI=1S/C20H26N4O/c1-14-17-7-2-3-8-18(17)20(23-22-14)24-11-9-15(10-12-24)13-19(25)21-16-5-4-6-16/h2-3,7-8,15-16H,4-6,9-13H2,1H3,(H,21,25). The Balaban J connectivity index is 1.39. The van der Waals surface area contributed by atoms with Crippen molar-refractivity contribution in [1.82, 2.24) is 15.5 Å². The number of carbonyl (C=O) groups is 1. The van der Waals surface area contributed by atoms with Gasteiger partial charge in [-0.2, -0.15) is 5.10 Å². The molecule has 1 saturated heterocycles. The van der Waals surface area contributed by atoms with Crippen molar-refractivity contribution in [3.05, 3.63) is 30.0 Å². The maximum absolute atomic E-state index is 12.1. The smallest absolute Gasteiger partial charge is 0.220 e. The number of anilines is 1. The van der Waals surface area contributed by atoms with Crippen LogP contribution in [0.3, 0.4) is 0 Å². The molecule has 5 heteroatoms. The van der Waals surface area contributed by atoms with Crippen LogP contribution in [0.25, 0.3) is 10.8 Å². The molecule has 0 bridgehead atoms. The van der Waals surface area contributed by atoms with Crippen molar-refractivity contribution in [2.45, 2.75) is 51.5 Å². The second kappa shape index (κ2) is 6.98. The number of rotatable bonds is 4. The number of nitrogens with zero attached hydrogens (tertiary/aromatic N) is 3. The molecule has 2 heterocycles. The average molecular weight is 338 g/mol. The lowest BCUT2D eigenvalue weighted by Crippen LogP contribution is -2.41. The topological polar surface area (TPSA) is 58.1 Å². The van der Waals surface area contributed by atoms with Crippen LogP contribution in [0.1, 0.15) is 44.2 Å². The summed E-state index contributed by atoms with van der Waals surface area (Å²) in [6.07, 6.45) is 6.33. The Morgan fingerprint density at radius 3 is 2.52 bits per heavy atom. The monoisotopic (exact) mass is 338 g/mol. The SMILES string of the molecule is Cc1nnc(N2CCC(CC(=O)NC3CCC3)CC2)c2ccccc12. The zero-order valence-electron chi connectivity index (χ0n) is 14.9. The number of hydrogen-bond acceptors (Lipinski definition) is 4. The minimum Gasteiger partial charge on any atom is -0.355 e. The van der Waals surface area contributed by atoms with Crippen LogP contribution in [-0.4, -0.2) is 35.2 Å². The van der Waals surface area contributed by atoms with Crippen molar-refractivity contribution in [3.8, 4) is 0 Å². The number of carbonyl (C=O) groups excluding carboxylic acids is 1. The highest BCUT2D eigenvalue weighted by Crippen LogP contribution is 2.30. The van der Waals surface area contributed by atoms with E-state index >= 15 is 0 Å². The highest BCUT2D eigenvalue weighted by Gasteiger charge is 2.25. The van der Waals surface area contributed by atoms with Crippen molar-refractivity contribution < 1.29 is 4.79 Å². The summed E-state index contributed by atoms with van der Waals surface area (Å²) in [6, 6.07) is 8.80. The molecule has 0 spiro atoms. The van der Waals surface area contributed by atoms with Crippen LogP contribution >= 0.6 is 0 Å². The van der Waals surface area contributed by atoms with Crippen LogP contribution in [-0.2, 0) is 4.79 Å². The highest BCUT2D eigenvalue weighted by atomic mass is 16.1. The van der Waals surface area contributed by atoms with Gasteiger partial charge in [-0.25, -0.2) is 0 Å². The molecule has 4 rings (SSSR count). The fourth-order valence-electron chi connectivity index (χ4n) is 3.91. The summed E-state index contributed by atoms with van der Waals surface area (Å²) >= 11 is 0. The lowest BCUT2D eigenvalue weighted by molar-refractivity contribution is -0.123. The molecule has 5 nitrogen and oxygen atoms in total. The first-order chi connectivity index (χ1) is 12.2. The number of hydrogen-bond donors (Lipinski definition) is 1. The average Bonchev–Trinajstić information content (AvgIpc) is 2.60. The van der Waals surface area contributed by atoms with Crippen molar-refractivity contribution in [2.75, 3.05) is 18.0 Å². The van der Waals surface area contributed by atoms with Gasteiger partial charge < -0.3 is 10.2 Å². The van der Waals surface area contributed by atoms with Gasteiger partial charge in [-0.3, -0.25) is 4.79 Å². The van der Waals surface area contributed by atoms with Gasteiger partial charge in [0.1, 0.15) is 0 Å². The molecule has 0 unspecified atom stereocenters. The molecule has 1 N–H and O–H groups in total. The Labute approximate surface area is 148 Å². The van der Waals surface area contributed by atoms with Gasteiger partial charge in [0.15, 0.2) is 5.82 Å². The predicted octanol–water partition coefficient (Wildman–Crippen LogP) is 3.21. The number of amides is 1. The maximum atomic E-state index is 12.1. The Kier molecular flexibility index (Phi) is 4.55. The third-order valence-corrected chi connectivity index (χ3v) is 5.71. The maximum Gasteiger partial charge on any atom is 0.220 e. The second-order valence-electron chi connectivity index (χ2n) is 7.48. The van der Waals surface area contributed by atoms with Crippen molar-refractivity contribution >= 4 is 22.5 Å². The minimum atomic E-state index is 0.240.